The zero-order valence-corrected chi connectivity index (χ0v) is 11.9. The number of benzene rings is 1. The highest BCUT2D eigenvalue weighted by molar-refractivity contribution is 9.10. The standard InChI is InChI=1S/C11H6BrCl2N3O/c12-7-5-6(1-2-8(7)13)11(18)17-10-9(14)15-3-4-16-10/h1-5H,(H,16,17,18). The van der Waals surface area contributed by atoms with E-state index in [-0.39, 0.29) is 16.9 Å². The van der Waals surface area contributed by atoms with E-state index < -0.39 is 0 Å². The van der Waals surface area contributed by atoms with Crippen LogP contribution in [0.25, 0.3) is 0 Å². The van der Waals surface area contributed by atoms with Gasteiger partial charge in [-0.15, -0.1) is 0 Å². The topological polar surface area (TPSA) is 54.9 Å². The van der Waals surface area contributed by atoms with Gasteiger partial charge in [-0.2, -0.15) is 0 Å². The third-order valence-corrected chi connectivity index (χ3v) is 3.56. The SMILES string of the molecule is O=C(Nc1nccnc1Cl)c1ccc(Cl)c(Br)c1. The summed E-state index contributed by atoms with van der Waals surface area (Å²) in [5, 5.41) is 3.23. The number of nitrogens with one attached hydrogen (secondary N) is 1. The quantitative estimate of drug-likeness (QED) is 0.899. The Morgan fingerprint density at radius 1 is 1.22 bits per heavy atom. The molecule has 0 unspecified atom stereocenters. The number of amides is 1. The predicted molar refractivity (Wildman–Crippen MR) is 74.1 cm³/mol. The van der Waals surface area contributed by atoms with Gasteiger partial charge in [-0.1, -0.05) is 23.2 Å². The Hall–Kier alpha value is -1.17. The molecule has 0 radical (unpaired) electrons. The molecular formula is C11H6BrCl2N3O. The van der Waals surface area contributed by atoms with E-state index in [1.807, 2.05) is 0 Å². The van der Waals surface area contributed by atoms with Crippen LogP contribution in [0, 0.1) is 0 Å². The molecule has 1 N–H and O–H groups in total. The Kier molecular flexibility index (Phi) is 4.16. The number of anilines is 1. The molecule has 0 spiro atoms. The molecular weight excluding hydrogens is 341 g/mol. The average molecular weight is 347 g/mol. The third-order valence-electron chi connectivity index (χ3n) is 2.07. The van der Waals surface area contributed by atoms with Crippen molar-refractivity contribution in [2.75, 3.05) is 5.32 Å². The van der Waals surface area contributed by atoms with E-state index in [9.17, 15) is 4.79 Å². The van der Waals surface area contributed by atoms with E-state index in [2.05, 4.69) is 31.2 Å². The van der Waals surface area contributed by atoms with Crippen molar-refractivity contribution in [3.8, 4) is 0 Å². The molecule has 0 saturated carbocycles. The maximum absolute atomic E-state index is 11.9. The number of rotatable bonds is 2. The highest BCUT2D eigenvalue weighted by atomic mass is 79.9. The molecule has 0 atom stereocenters. The molecule has 2 rings (SSSR count). The van der Waals surface area contributed by atoms with Crippen LogP contribution in [-0.2, 0) is 0 Å². The molecule has 7 heteroatoms. The summed E-state index contributed by atoms with van der Waals surface area (Å²) in [5.74, 6) is -0.120. The number of halogens is 3. The summed E-state index contributed by atoms with van der Waals surface area (Å²) in [7, 11) is 0. The lowest BCUT2D eigenvalue weighted by Gasteiger charge is -2.06. The lowest BCUT2D eigenvalue weighted by molar-refractivity contribution is 0.102. The number of aromatic nitrogens is 2. The third kappa shape index (κ3) is 2.98. The average Bonchev–Trinajstić information content (AvgIpc) is 2.35. The summed E-state index contributed by atoms with van der Waals surface area (Å²) in [6.45, 7) is 0. The molecule has 18 heavy (non-hydrogen) atoms. The Balaban J connectivity index is 2.22. The fourth-order valence-corrected chi connectivity index (χ4v) is 1.87. The van der Waals surface area contributed by atoms with E-state index >= 15 is 0 Å². The lowest BCUT2D eigenvalue weighted by Crippen LogP contribution is -2.13. The molecule has 0 aliphatic carbocycles. The molecule has 92 valence electrons. The van der Waals surface area contributed by atoms with Crippen LogP contribution < -0.4 is 5.32 Å². The summed E-state index contributed by atoms with van der Waals surface area (Å²) >= 11 is 14.9. The molecule has 0 bridgehead atoms. The van der Waals surface area contributed by atoms with Crippen molar-refractivity contribution in [3.05, 3.63) is 50.8 Å². The Morgan fingerprint density at radius 3 is 2.61 bits per heavy atom. The monoisotopic (exact) mass is 345 g/mol. The number of hydrogen-bond donors (Lipinski definition) is 1. The zero-order chi connectivity index (χ0) is 13.1. The Labute approximate surface area is 121 Å². The second kappa shape index (κ2) is 5.65. The van der Waals surface area contributed by atoms with Gasteiger partial charge in [0.25, 0.3) is 5.91 Å². The largest absolute Gasteiger partial charge is 0.304 e. The maximum atomic E-state index is 11.9. The van der Waals surface area contributed by atoms with Crippen LogP contribution in [0.2, 0.25) is 10.2 Å². The van der Waals surface area contributed by atoms with Gasteiger partial charge in [0, 0.05) is 22.4 Å². The van der Waals surface area contributed by atoms with Crippen LogP contribution in [0.3, 0.4) is 0 Å². The van der Waals surface area contributed by atoms with Crippen molar-refractivity contribution in [2.45, 2.75) is 0 Å². The smallest absolute Gasteiger partial charge is 0.256 e. The highest BCUT2D eigenvalue weighted by Gasteiger charge is 2.11. The van der Waals surface area contributed by atoms with Crippen molar-refractivity contribution < 1.29 is 4.79 Å². The number of carbonyl (C=O) groups excluding carboxylic acids is 1. The van der Waals surface area contributed by atoms with Gasteiger partial charge >= 0.3 is 0 Å². The lowest BCUT2D eigenvalue weighted by atomic mass is 10.2. The van der Waals surface area contributed by atoms with Crippen LogP contribution in [0.1, 0.15) is 10.4 Å². The van der Waals surface area contributed by atoms with Crippen LogP contribution in [0.4, 0.5) is 5.82 Å². The molecule has 2 aromatic rings. The minimum absolute atomic E-state index is 0.138. The fourth-order valence-electron chi connectivity index (χ4n) is 1.22. The summed E-state index contributed by atoms with van der Waals surface area (Å²) in [4.78, 5) is 19.7. The van der Waals surface area contributed by atoms with Gasteiger partial charge in [0.15, 0.2) is 11.0 Å². The first-order chi connectivity index (χ1) is 8.58. The minimum atomic E-state index is -0.338. The van der Waals surface area contributed by atoms with E-state index in [1.54, 1.807) is 18.2 Å². The van der Waals surface area contributed by atoms with Crippen molar-refractivity contribution in [3.63, 3.8) is 0 Å². The number of nitrogens with zero attached hydrogens (tertiary/aromatic N) is 2. The van der Waals surface area contributed by atoms with Crippen molar-refractivity contribution in [1.29, 1.82) is 0 Å². The van der Waals surface area contributed by atoms with E-state index in [1.165, 1.54) is 12.4 Å². The van der Waals surface area contributed by atoms with Crippen LogP contribution in [0.15, 0.2) is 35.1 Å². The number of hydrogen-bond acceptors (Lipinski definition) is 3. The van der Waals surface area contributed by atoms with Crippen LogP contribution in [-0.4, -0.2) is 15.9 Å². The van der Waals surface area contributed by atoms with Crippen LogP contribution >= 0.6 is 39.1 Å². The summed E-state index contributed by atoms with van der Waals surface area (Å²) in [5.41, 5.74) is 0.438. The normalized spacial score (nSPS) is 10.2. The first-order valence-corrected chi connectivity index (χ1v) is 6.35. The Morgan fingerprint density at radius 2 is 1.94 bits per heavy atom. The predicted octanol–water partition coefficient (Wildman–Crippen LogP) is 3.80. The second-order valence-corrected chi connectivity index (χ2v) is 4.90. The number of carbonyl (C=O) groups is 1. The summed E-state index contributed by atoms with van der Waals surface area (Å²) in [6.07, 6.45) is 2.89. The minimum Gasteiger partial charge on any atom is -0.304 e. The van der Waals surface area contributed by atoms with Gasteiger partial charge in [0.2, 0.25) is 0 Å². The highest BCUT2D eigenvalue weighted by Crippen LogP contribution is 2.24. The molecule has 1 amide bonds. The summed E-state index contributed by atoms with van der Waals surface area (Å²) < 4.78 is 0.641. The van der Waals surface area contributed by atoms with Crippen molar-refractivity contribution in [1.82, 2.24) is 9.97 Å². The van der Waals surface area contributed by atoms with Crippen LogP contribution in [0.5, 0.6) is 0 Å². The van der Waals surface area contributed by atoms with Crippen molar-refractivity contribution >= 4 is 50.9 Å². The second-order valence-electron chi connectivity index (χ2n) is 3.28. The molecule has 0 saturated heterocycles. The summed E-state index contributed by atoms with van der Waals surface area (Å²) in [6, 6.07) is 4.84. The first-order valence-electron chi connectivity index (χ1n) is 4.81. The Bertz CT molecular complexity index is 607. The van der Waals surface area contributed by atoms with Crippen molar-refractivity contribution in [2.24, 2.45) is 0 Å². The molecule has 1 aromatic heterocycles. The fraction of sp³-hybridized carbons (Fsp3) is 0. The first kappa shape index (κ1) is 13.3. The van der Waals surface area contributed by atoms with Gasteiger partial charge in [-0.3, -0.25) is 4.79 Å². The molecule has 0 fully saturated rings. The van der Waals surface area contributed by atoms with Gasteiger partial charge in [-0.05, 0) is 34.1 Å². The zero-order valence-electron chi connectivity index (χ0n) is 8.82. The molecule has 1 heterocycles. The van der Waals surface area contributed by atoms with E-state index in [0.29, 0.717) is 15.1 Å². The van der Waals surface area contributed by atoms with E-state index in [0.717, 1.165) is 0 Å². The molecule has 0 aliphatic heterocycles. The maximum Gasteiger partial charge on any atom is 0.256 e. The van der Waals surface area contributed by atoms with Gasteiger partial charge < -0.3 is 5.32 Å². The van der Waals surface area contributed by atoms with Gasteiger partial charge in [0.1, 0.15) is 0 Å². The van der Waals surface area contributed by atoms with E-state index in [4.69, 9.17) is 23.2 Å². The van der Waals surface area contributed by atoms with Gasteiger partial charge in [0.05, 0.1) is 5.02 Å². The van der Waals surface area contributed by atoms with Gasteiger partial charge in [-0.25, -0.2) is 9.97 Å². The molecule has 0 aliphatic rings. The molecule has 4 nitrogen and oxygen atoms in total. The molecule has 1 aromatic carbocycles.